The summed E-state index contributed by atoms with van der Waals surface area (Å²) in [7, 11) is 0. The first-order valence-corrected chi connectivity index (χ1v) is 13.0. The molecule has 1 aromatic carbocycles. The number of hydrogen-bond acceptors (Lipinski definition) is 7. The Hall–Kier alpha value is -3.01. The van der Waals surface area contributed by atoms with Crippen LogP contribution in [-0.2, 0) is 22.5 Å². The van der Waals surface area contributed by atoms with E-state index in [0.717, 1.165) is 32.4 Å². The molecule has 1 atom stereocenters. The standard InChI is InChI=1S/C26H24N4O3S2/c31-24-20(14-21-25(32)30(26(34)35-21)16-19-8-5-13-33-19)23(27-22-9-3-4-11-29(22)24)28-12-10-17-6-1-2-7-18(17)15-28/h1-4,6-7,9,11,14,19H,5,8,10,12-13,15-16H2/b21-14-. The molecule has 3 aliphatic heterocycles. The van der Waals surface area contributed by atoms with Gasteiger partial charge in [-0.1, -0.05) is 54.3 Å². The third kappa shape index (κ3) is 4.17. The number of hydrogen-bond donors (Lipinski definition) is 0. The number of rotatable bonds is 4. The number of fused-ring (bicyclic) bond motifs is 2. The third-order valence-corrected chi connectivity index (χ3v) is 8.12. The van der Waals surface area contributed by atoms with E-state index in [1.54, 1.807) is 23.2 Å². The quantitative estimate of drug-likeness (QED) is 0.397. The topological polar surface area (TPSA) is 67.2 Å². The lowest BCUT2D eigenvalue weighted by Crippen LogP contribution is -2.35. The van der Waals surface area contributed by atoms with Gasteiger partial charge in [0.15, 0.2) is 0 Å². The summed E-state index contributed by atoms with van der Waals surface area (Å²) in [5, 5.41) is 0. The predicted octanol–water partition coefficient (Wildman–Crippen LogP) is 3.64. The molecule has 0 radical (unpaired) electrons. The number of ether oxygens (including phenoxy) is 1. The molecule has 2 fully saturated rings. The lowest BCUT2D eigenvalue weighted by Gasteiger charge is -2.30. The Morgan fingerprint density at radius 1 is 1.14 bits per heavy atom. The molecule has 35 heavy (non-hydrogen) atoms. The molecule has 1 amide bonds. The highest BCUT2D eigenvalue weighted by molar-refractivity contribution is 8.26. The van der Waals surface area contributed by atoms with E-state index < -0.39 is 0 Å². The number of pyridine rings is 1. The molecule has 9 heteroatoms. The smallest absolute Gasteiger partial charge is 0.267 e. The van der Waals surface area contributed by atoms with Gasteiger partial charge in [0.1, 0.15) is 15.8 Å². The van der Waals surface area contributed by atoms with Crippen LogP contribution in [0.1, 0.15) is 29.5 Å². The Morgan fingerprint density at radius 3 is 2.80 bits per heavy atom. The number of thioether (sulfide) groups is 1. The molecule has 0 spiro atoms. The van der Waals surface area contributed by atoms with Gasteiger partial charge in [0.2, 0.25) is 0 Å². The van der Waals surface area contributed by atoms with Crippen molar-refractivity contribution in [2.24, 2.45) is 0 Å². The van der Waals surface area contributed by atoms with E-state index in [1.165, 1.54) is 27.3 Å². The first kappa shape index (κ1) is 22.5. The highest BCUT2D eigenvalue weighted by atomic mass is 32.2. The number of anilines is 1. The molecule has 0 N–H and O–H groups in total. The van der Waals surface area contributed by atoms with Gasteiger partial charge in [-0.25, -0.2) is 4.98 Å². The van der Waals surface area contributed by atoms with Crippen molar-refractivity contribution in [3.63, 3.8) is 0 Å². The van der Waals surface area contributed by atoms with Crippen LogP contribution in [0.25, 0.3) is 11.7 Å². The van der Waals surface area contributed by atoms with Crippen LogP contribution in [0.2, 0.25) is 0 Å². The van der Waals surface area contributed by atoms with E-state index in [1.807, 2.05) is 18.2 Å². The van der Waals surface area contributed by atoms with Crippen molar-refractivity contribution in [2.75, 3.05) is 24.6 Å². The summed E-state index contributed by atoms with van der Waals surface area (Å²) in [6.45, 7) is 2.57. The van der Waals surface area contributed by atoms with Crippen LogP contribution in [0, 0.1) is 0 Å². The molecule has 0 bridgehead atoms. The van der Waals surface area contributed by atoms with E-state index in [-0.39, 0.29) is 17.6 Å². The monoisotopic (exact) mass is 504 g/mol. The summed E-state index contributed by atoms with van der Waals surface area (Å²) in [6, 6.07) is 13.9. The van der Waals surface area contributed by atoms with E-state index in [2.05, 4.69) is 23.1 Å². The van der Waals surface area contributed by atoms with Gasteiger partial charge in [0, 0.05) is 25.9 Å². The van der Waals surface area contributed by atoms with Crippen molar-refractivity contribution in [3.05, 3.63) is 80.6 Å². The Morgan fingerprint density at radius 2 is 1.97 bits per heavy atom. The molecule has 5 heterocycles. The van der Waals surface area contributed by atoms with Gasteiger partial charge in [0.25, 0.3) is 11.5 Å². The van der Waals surface area contributed by atoms with Gasteiger partial charge >= 0.3 is 0 Å². The Kier molecular flexibility index (Phi) is 5.91. The van der Waals surface area contributed by atoms with Crippen LogP contribution in [0.15, 0.2) is 58.4 Å². The fourth-order valence-corrected chi connectivity index (χ4v) is 6.17. The molecule has 3 aliphatic rings. The number of nitrogens with zero attached hydrogens (tertiary/aromatic N) is 4. The average Bonchev–Trinajstić information content (AvgIpc) is 3.49. The van der Waals surface area contributed by atoms with Crippen molar-refractivity contribution >= 4 is 51.7 Å². The molecule has 0 aliphatic carbocycles. The van der Waals surface area contributed by atoms with Gasteiger partial charge < -0.3 is 9.64 Å². The van der Waals surface area contributed by atoms with E-state index in [9.17, 15) is 9.59 Å². The van der Waals surface area contributed by atoms with Crippen molar-refractivity contribution in [3.8, 4) is 0 Å². The van der Waals surface area contributed by atoms with Crippen molar-refractivity contribution in [1.82, 2.24) is 14.3 Å². The molecule has 6 rings (SSSR count). The number of aromatic nitrogens is 2. The predicted molar refractivity (Wildman–Crippen MR) is 142 cm³/mol. The maximum atomic E-state index is 13.6. The van der Waals surface area contributed by atoms with Crippen molar-refractivity contribution in [2.45, 2.75) is 31.9 Å². The van der Waals surface area contributed by atoms with Crippen LogP contribution in [-0.4, -0.2) is 50.3 Å². The number of carbonyl (C=O) groups is 1. The van der Waals surface area contributed by atoms with Gasteiger partial charge in [-0.3, -0.25) is 18.9 Å². The molecular weight excluding hydrogens is 480 g/mol. The van der Waals surface area contributed by atoms with Crippen LogP contribution in [0.4, 0.5) is 5.82 Å². The number of amides is 1. The number of benzene rings is 1. The Balaban J connectivity index is 1.41. The van der Waals surface area contributed by atoms with Crippen LogP contribution in [0.3, 0.4) is 0 Å². The molecule has 0 saturated carbocycles. The zero-order valence-corrected chi connectivity index (χ0v) is 20.7. The molecule has 3 aromatic rings. The molecule has 1 unspecified atom stereocenters. The normalized spacial score (nSPS) is 21.4. The van der Waals surface area contributed by atoms with Gasteiger partial charge in [-0.15, -0.1) is 0 Å². The SMILES string of the molecule is O=C1/C(=C/c2c(N3CCc4ccccc4C3)nc3ccccn3c2=O)SC(=S)N1CC1CCCO1. The number of thiocarbonyl (C=S) groups is 1. The largest absolute Gasteiger partial charge is 0.376 e. The fourth-order valence-electron chi connectivity index (χ4n) is 4.92. The molecule has 178 valence electrons. The van der Waals surface area contributed by atoms with Crippen LogP contribution in [0.5, 0.6) is 0 Å². The summed E-state index contributed by atoms with van der Waals surface area (Å²) in [5.74, 6) is 0.420. The van der Waals surface area contributed by atoms with E-state index in [0.29, 0.717) is 39.3 Å². The summed E-state index contributed by atoms with van der Waals surface area (Å²) in [5.41, 5.74) is 3.33. The average molecular weight is 505 g/mol. The minimum Gasteiger partial charge on any atom is -0.376 e. The fraction of sp³-hybridized carbons (Fsp3) is 0.308. The minimum atomic E-state index is -0.200. The zero-order chi connectivity index (χ0) is 23.9. The maximum Gasteiger partial charge on any atom is 0.267 e. The summed E-state index contributed by atoms with van der Waals surface area (Å²) in [6.07, 6.45) is 6.19. The van der Waals surface area contributed by atoms with Crippen molar-refractivity contribution in [1.29, 1.82) is 0 Å². The molecule has 2 aromatic heterocycles. The highest BCUT2D eigenvalue weighted by Crippen LogP contribution is 2.35. The lowest BCUT2D eigenvalue weighted by molar-refractivity contribution is -0.123. The molecule has 2 saturated heterocycles. The zero-order valence-electron chi connectivity index (χ0n) is 19.1. The van der Waals surface area contributed by atoms with E-state index >= 15 is 0 Å². The Labute approximate surface area is 212 Å². The first-order chi connectivity index (χ1) is 17.1. The van der Waals surface area contributed by atoms with Crippen molar-refractivity contribution < 1.29 is 9.53 Å². The minimum absolute atomic E-state index is 0.00814. The molecule has 7 nitrogen and oxygen atoms in total. The summed E-state index contributed by atoms with van der Waals surface area (Å²) in [4.78, 5) is 36.0. The van der Waals surface area contributed by atoms with Gasteiger partial charge in [0.05, 0.1) is 23.1 Å². The second-order valence-corrected chi connectivity index (χ2v) is 10.6. The second kappa shape index (κ2) is 9.22. The van der Waals surface area contributed by atoms with E-state index in [4.69, 9.17) is 21.9 Å². The van der Waals surface area contributed by atoms with Gasteiger partial charge in [-0.05, 0) is 48.6 Å². The summed E-state index contributed by atoms with van der Waals surface area (Å²) >= 11 is 6.76. The maximum absolute atomic E-state index is 13.6. The first-order valence-electron chi connectivity index (χ1n) is 11.8. The summed E-state index contributed by atoms with van der Waals surface area (Å²) < 4.78 is 7.73. The molecular formula is C26H24N4O3S2. The van der Waals surface area contributed by atoms with Gasteiger partial charge in [-0.2, -0.15) is 0 Å². The van der Waals surface area contributed by atoms with Crippen LogP contribution >= 0.6 is 24.0 Å². The highest BCUT2D eigenvalue weighted by Gasteiger charge is 2.35. The third-order valence-electron chi connectivity index (χ3n) is 6.74. The van der Waals surface area contributed by atoms with Crippen LogP contribution < -0.4 is 10.5 Å². The Bertz CT molecular complexity index is 1430. The second-order valence-electron chi connectivity index (χ2n) is 8.95. The lowest BCUT2D eigenvalue weighted by atomic mass is 9.99. The number of carbonyl (C=O) groups excluding carboxylic acids is 1.